The summed E-state index contributed by atoms with van der Waals surface area (Å²) >= 11 is 5.65. The highest BCUT2D eigenvalue weighted by Crippen LogP contribution is 2.25. The fraction of sp³-hybridized carbons (Fsp3) is 0.447. The first kappa shape index (κ1) is 36.2. The molecule has 13 heteroatoms. The minimum Gasteiger partial charge on any atom is -0.335 e. The predicted octanol–water partition coefficient (Wildman–Crippen LogP) is 5.00. The van der Waals surface area contributed by atoms with E-state index < -0.39 is 0 Å². The van der Waals surface area contributed by atoms with Crippen molar-refractivity contribution in [3.8, 4) is 6.07 Å². The van der Waals surface area contributed by atoms with Crippen molar-refractivity contribution in [1.82, 2.24) is 34.3 Å². The summed E-state index contributed by atoms with van der Waals surface area (Å²) < 4.78 is 30.1. The second-order valence-electron chi connectivity index (χ2n) is 13.5. The molecule has 3 aliphatic heterocycles. The molecule has 0 spiro atoms. The first-order valence-corrected chi connectivity index (χ1v) is 18.0. The highest BCUT2D eigenvalue weighted by Gasteiger charge is 2.29. The van der Waals surface area contributed by atoms with Gasteiger partial charge in [0.05, 0.1) is 61.6 Å². The van der Waals surface area contributed by atoms with Crippen LogP contribution in [0, 0.1) is 42.7 Å². The normalized spacial score (nSPS) is 16.2. The smallest absolute Gasteiger partial charge is 0.237 e. The summed E-state index contributed by atoms with van der Waals surface area (Å²) in [5, 5.41) is 18.3. The number of carbonyl (C=O) groups is 2. The van der Waals surface area contributed by atoms with E-state index in [0.717, 1.165) is 72.7 Å². The lowest BCUT2D eigenvalue weighted by molar-refractivity contribution is -0.133. The van der Waals surface area contributed by atoms with Crippen molar-refractivity contribution in [3.05, 3.63) is 105 Å². The number of piperidine rings is 1. The Labute approximate surface area is 302 Å². The number of likely N-dealkylation sites (tertiary alicyclic amines) is 1. The Morgan fingerprint density at radius 1 is 0.765 bits per heavy atom. The molecule has 0 saturated carbocycles. The van der Waals surface area contributed by atoms with Crippen LogP contribution in [-0.2, 0) is 48.6 Å². The lowest BCUT2D eigenvalue weighted by Crippen LogP contribution is -2.45. The minimum absolute atomic E-state index is 0.000411. The number of carbonyl (C=O) groups excluding carboxylic acids is 2. The van der Waals surface area contributed by atoms with E-state index in [1.807, 2.05) is 28.1 Å². The third-order valence-electron chi connectivity index (χ3n) is 10.1. The Balaban J connectivity index is 0.000000183. The Kier molecular flexibility index (Phi) is 11.5. The first-order valence-electron chi connectivity index (χ1n) is 17.4. The fourth-order valence-electron chi connectivity index (χ4n) is 7.16. The summed E-state index contributed by atoms with van der Waals surface area (Å²) in [7, 11) is 0. The molecular formula is C38H43ClF2N8O2. The average molecular weight is 717 g/mol. The maximum atomic E-state index is 13.2. The van der Waals surface area contributed by atoms with Crippen LogP contribution >= 0.6 is 11.6 Å². The van der Waals surface area contributed by atoms with Gasteiger partial charge < -0.3 is 9.80 Å². The number of aromatic nitrogens is 4. The van der Waals surface area contributed by atoms with Gasteiger partial charge in [0.15, 0.2) is 0 Å². The number of hydrogen-bond donors (Lipinski definition) is 0. The van der Waals surface area contributed by atoms with Gasteiger partial charge in [-0.15, -0.1) is 11.6 Å². The molecule has 0 unspecified atom stereocenters. The van der Waals surface area contributed by atoms with Crippen molar-refractivity contribution in [2.75, 3.05) is 38.6 Å². The van der Waals surface area contributed by atoms with Crippen LogP contribution in [0.15, 0.2) is 48.5 Å². The van der Waals surface area contributed by atoms with E-state index in [9.17, 15) is 18.4 Å². The van der Waals surface area contributed by atoms with Gasteiger partial charge in [-0.05, 0) is 99.1 Å². The number of benzene rings is 2. The summed E-state index contributed by atoms with van der Waals surface area (Å²) in [6.45, 7) is 9.66. The summed E-state index contributed by atoms with van der Waals surface area (Å²) in [5.74, 6) is -0.287. The van der Waals surface area contributed by atoms with Crippen molar-refractivity contribution < 1.29 is 18.4 Å². The van der Waals surface area contributed by atoms with Crippen LogP contribution in [-0.4, -0.2) is 84.7 Å². The van der Waals surface area contributed by atoms with Crippen LogP contribution in [0.5, 0.6) is 0 Å². The molecule has 5 heterocycles. The van der Waals surface area contributed by atoms with E-state index in [1.54, 1.807) is 29.2 Å². The van der Waals surface area contributed by atoms with Gasteiger partial charge in [0, 0.05) is 19.0 Å². The third-order valence-corrected chi connectivity index (χ3v) is 10.3. The molecule has 51 heavy (non-hydrogen) atoms. The number of rotatable bonds is 7. The second-order valence-corrected chi connectivity index (χ2v) is 13.8. The molecule has 2 aromatic carbocycles. The standard InChI is InChI=1S/C22H26FN5O.C16H17ClFN3O/c1-16-20-8-11-27(22(29)15-26-9-6-17(12-24)7-10-26)14-21(20)28(25-16)13-18-2-4-19(23)5-3-18;1-11-14-6-7-20(16(22)8-17)10-15(14)21(19-11)9-12-2-4-13(18)5-3-12/h2-5,17H,6-11,13-15H2,1H3;2-5H,6-10H2,1H3. The molecular weight excluding hydrogens is 674 g/mol. The largest absolute Gasteiger partial charge is 0.335 e. The SMILES string of the molecule is Cc1nn(Cc2ccc(F)cc2)c2c1CCN(C(=O)CCl)C2.Cc1nn(Cc2ccc(F)cc2)c2c1CCN(C(=O)CN1CCC(C#N)CC1)C2. The second kappa shape index (κ2) is 16.2. The van der Waals surface area contributed by atoms with E-state index in [4.69, 9.17) is 16.9 Å². The lowest BCUT2D eigenvalue weighted by Gasteiger charge is -2.33. The summed E-state index contributed by atoms with van der Waals surface area (Å²) in [5.41, 5.74) is 8.53. The van der Waals surface area contributed by atoms with Crippen molar-refractivity contribution in [3.63, 3.8) is 0 Å². The van der Waals surface area contributed by atoms with Gasteiger partial charge in [-0.1, -0.05) is 24.3 Å². The van der Waals surface area contributed by atoms with Crippen LogP contribution in [0.25, 0.3) is 0 Å². The Bertz CT molecular complexity index is 1890. The molecule has 1 saturated heterocycles. The zero-order valence-electron chi connectivity index (χ0n) is 29.1. The molecule has 4 aromatic rings. The number of aryl methyl sites for hydroxylation is 2. The molecule has 2 amide bonds. The van der Waals surface area contributed by atoms with Crippen molar-refractivity contribution in [2.45, 2.75) is 65.7 Å². The molecule has 1 fully saturated rings. The maximum absolute atomic E-state index is 13.2. The number of amides is 2. The molecule has 0 N–H and O–H groups in total. The van der Waals surface area contributed by atoms with Gasteiger partial charge >= 0.3 is 0 Å². The molecule has 0 atom stereocenters. The van der Waals surface area contributed by atoms with E-state index in [-0.39, 0.29) is 35.2 Å². The average Bonchev–Trinajstić information content (AvgIpc) is 3.63. The van der Waals surface area contributed by atoms with Crippen LogP contribution in [0.1, 0.15) is 57.9 Å². The Morgan fingerprint density at radius 3 is 1.65 bits per heavy atom. The maximum Gasteiger partial charge on any atom is 0.237 e. The van der Waals surface area contributed by atoms with Gasteiger partial charge in [0.25, 0.3) is 0 Å². The number of nitrogens with zero attached hydrogens (tertiary/aromatic N) is 8. The predicted molar refractivity (Wildman–Crippen MR) is 189 cm³/mol. The van der Waals surface area contributed by atoms with Crippen LogP contribution in [0.3, 0.4) is 0 Å². The zero-order chi connectivity index (χ0) is 36.1. The van der Waals surface area contributed by atoms with E-state index in [2.05, 4.69) is 21.2 Å². The third kappa shape index (κ3) is 8.65. The minimum atomic E-state index is -0.249. The first-order chi connectivity index (χ1) is 24.6. The zero-order valence-corrected chi connectivity index (χ0v) is 29.9. The number of fused-ring (bicyclic) bond motifs is 2. The molecule has 10 nitrogen and oxygen atoms in total. The van der Waals surface area contributed by atoms with E-state index in [0.29, 0.717) is 45.8 Å². The summed E-state index contributed by atoms with van der Waals surface area (Å²) in [4.78, 5) is 30.5. The topological polar surface area (TPSA) is 103 Å². The molecule has 7 rings (SSSR count). The van der Waals surface area contributed by atoms with Crippen LogP contribution in [0.2, 0.25) is 0 Å². The molecule has 268 valence electrons. The molecule has 0 radical (unpaired) electrons. The molecule has 0 bridgehead atoms. The number of hydrogen-bond acceptors (Lipinski definition) is 6. The van der Waals surface area contributed by atoms with Gasteiger partial charge in [-0.25, -0.2) is 8.78 Å². The van der Waals surface area contributed by atoms with Gasteiger partial charge in [-0.2, -0.15) is 15.5 Å². The van der Waals surface area contributed by atoms with Gasteiger partial charge in [0.1, 0.15) is 17.5 Å². The highest BCUT2D eigenvalue weighted by atomic mass is 35.5. The number of nitriles is 1. The fourth-order valence-corrected chi connectivity index (χ4v) is 7.33. The monoisotopic (exact) mass is 716 g/mol. The molecule has 3 aliphatic rings. The summed E-state index contributed by atoms with van der Waals surface area (Å²) in [6, 6.07) is 15.2. The number of halogens is 3. The van der Waals surface area contributed by atoms with Crippen LogP contribution < -0.4 is 0 Å². The Morgan fingerprint density at radius 2 is 1.22 bits per heavy atom. The van der Waals surface area contributed by atoms with Crippen molar-refractivity contribution in [2.24, 2.45) is 5.92 Å². The van der Waals surface area contributed by atoms with E-state index >= 15 is 0 Å². The number of alkyl halides is 1. The summed E-state index contributed by atoms with van der Waals surface area (Å²) in [6.07, 6.45) is 3.30. The van der Waals surface area contributed by atoms with Crippen molar-refractivity contribution >= 4 is 23.4 Å². The van der Waals surface area contributed by atoms with E-state index in [1.165, 1.54) is 35.4 Å². The molecule has 0 aliphatic carbocycles. The quantitative estimate of drug-likeness (QED) is 0.250. The van der Waals surface area contributed by atoms with Crippen molar-refractivity contribution in [1.29, 1.82) is 5.26 Å². The Hall–Kier alpha value is -4.60. The highest BCUT2D eigenvalue weighted by molar-refractivity contribution is 6.27. The van der Waals surface area contributed by atoms with Crippen LogP contribution in [0.4, 0.5) is 8.78 Å². The molecule has 2 aromatic heterocycles. The van der Waals surface area contributed by atoms with Gasteiger partial charge in [-0.3, -0.25) is 23.9 Å². The lowest BCUT2D eigenvalue weighted by atomic mass is 9.98. The van der Waals surface area contributed by atoms with Gasteiger partial charge in [0.2, 0.25) is 11.8 Å².